The van der Waals surface area contributed by atoms with Crippen molar-refractivity contribution in [2.45, 2.75) is 63.1 Å². The van der Waals surface area contributed by atoms with E-state index in [9.17, 15) is 32.7 Å². The molecular weight excluding hydrogens is 883 g/mol. The lowest BCUT2D eigenvalue weighted by molar-refractivity contribution is -0.138. The van der Waals surface area contributed by atoms with Crippen LogP contribution in [-0.4, -0.2) is 71.2 Å². The Hall–Kier alpha value is -7.56. The molecule has 15 nitrogen and oxygen atoms in total. The van der Waals surface area contributed by atoms with Crippen LogP contribution in [0.1, 0.15) is 69.9 Å². The van der Waals surface area contributed by atoms with E-state index in [-0.39, 0.29) is 34.8 Å². The number of aryl methyl sites for hydroxylation is 3. The molecule has 5 N–H and O–H groups in total. The number of hydrogen-bond donors (Lipinski definition) is 5. The van der Waals surface area contributed by atoms with Gasteiger partial charge in [-0.05, 0) is 84.3 Å². The number of aliphatic carboxylic acids is 1. The fourth-order valence-corrected chi connectivity index (χ4v) is 10.2. The molecule has 0 fully saturated rings. The molecule has 0 saturated carbocycles. The topological polar surface area (TPSA) is 203 Å². The van der Waals surface area contributed by atoms with Gasteiger partial charge in [0.2, 0.25) is 27.3 Å². The first-order chi connectivity index (χ1) is 32.7. The molecule has 0 aliphatic heterocycles. The number of fused-ring (bicyclic) bond motifs is 1. The maximum absolute atomic E-state index is 13.8. The number of amides is 2. The molecule has 0 unspecified atom stereocenters. The molecule has 7 aromatic rings. The summed E-state index contributed by atoms with van der Waals surface area (Å²) >= 11 is 0. The zero-order valence-electron chi connectivity index (χ0n) is 38.4. The minimum absolute atomic E-state index is 0.0751. The second-order valence-corrected chi connectivity index (χ2v) is 18.2. The van der Waals surface area contributed by atoms with E-state index in [2.05, 4.69) is 61.6 Å². The predicted molar refractivity (Wildman–Crippen MR) is 261 cm³/mol. The number of anilines is 1. The molecule has 0 aliphatic rings. The van der Waals surface area contributed by atoms with Gasteiger partial charge in [0.1, 0.15) is 22.9 Å². The van der Waals surface area contributed by atoms with Crippen molar-refractivity contribution in [3.63, 3.8) is 0 Å². The zero-order chi connectivity index (χ0) is 48.4. The number of sulfonamides is 1. The van der Waals surface area contributed by atoms with Gasteiger partial charge in [-0.2, -0.15) is 4.72 Å². The minimum Gasteiger partial charge on any atom is -0.494 e. The smallest absolute Gasteiger partial charge is 0.323 e. The third-order valence-electron chi connectivity index (χ3n) is 11.7. The van der Waals surface area contributed by atoms with Crippen LogP contribution in [0.15, 0.2) is 150 Å². The van der Waals surface area contributed by atoms with Crippen molar-refractivity contribution in [2.75, 3.05) is 25.0 Å². The maximum atomic E-state index is 13.8. The number of nitrogens with one attached hydrogen (secondary N) is 4. The van der Waals surface area contributed by atoms with Crippen LogP contribution in [0.4, 0.5) is 5.95 Å². The first-order valence-corrected chi connectivity index (χ1v) is 23.8. The number of imidazole rings is 1. The summed E-state index contributed by atoms with van der Waals surface area (Å²) in [5.41, 5.74) is 3.49. The van der Waals surface area contributed by atoms with E-state index in [0.717, 1.165) is 28.7 Å². The van der Waals surface area contributed by atoms with Crippen LogP contribution in [0.2, 0.25) is 0 Å². The first kappa shape index (κ1) is 48.4. The lowest BCUT2D eigenvalue weighted by Crippen LogP contribution is -2.49. The van der Waals surface area contributed by atoms with Crippen molar-refractivity contribution in [3.8, 4) is 5.75 Å². The van der Waals surface area contributed by atoms with Gasteiger partial charge >= 0.3 is 5.97 Å². The summed E-state index contributed by atoms with van der Waals surface area (Å²) in [6.45, 7) is 5.60. The number of carbonyl (C=O) groups excluding carboxylic acids is 2. The lowest BCUT2D eigenvalue weighted by atomic mass is 9.76. The van der Waals surface area contributed by atoms with Gasteiger partial charge in [0.05, 0.1) is 17.0 Å². The van der Waals surface area contributed by atoms with Crippen molar-refractivity contribution >= 4 is 44.7 Å². The summed E-state index contributed by atoms with van der Waals surface area (Å²) in [5, 5.41) is 19.1. The number of hydrogen-bond acceptors (Lipinski definition) is 9. The van der Waals surface area contributed by atoms with Gasteiger partial charge in [0.25, 0.3) is 5.91 Å². The fraction of sp³-hybridized carbons (Fsp3) is 0.250. The molecule has 2 amide bonds. The van der Waals surface area contributed by atoms with Crippen LogP contribution < -0.4 is 30.8 Å². The molecular formula is C52H55N7O8S. The molecule has 0 spiro atoms. The zero-order valence-corrected chi connectivity index (χ0v) is 39.2. The number of carbonyl (C=O) groups is 3. The van der Waals surface area contributed by atoms with Crippen LogP contribution in [-0.2, 0) is 38.7 Å². The Morgan fingerprint density at radius 1 is 0.838 bits per heavy atom. The average molecular weight is 938 g/mol. The molecule has 16 heteroatoms. The Bertz CT molecular complexity index is 2970. The number of nitrogens with zero attached hydrogens (tertiary/aromatic N) is 3. The Labute approximate surface area is 395 Å². The second-order valence-electron chi connectivity index (χ2n) is 16.5. The highest BCUT2D eigenvalue weighted by molar-refractivity contribution is 7.89. The van der Waals surface area contributed by atoms with E-state index >= 15 is 0 Å². The quantitative estimate of drug-likeness (QED) is 0.0384. The van der Waals surface area contributed by atoms with Crippen LogP contribution in [0, 0.1) is 13.8 Å². The summed E-state index contributed by atoms with van der Waals surface area (Å²) in [7, 11) is -2.73. The molecule has 0 bridgehead atoms. The lowest BCUT2D eigenvalue weighted by Gasteiger charge is -2.38. The summed E-state index contributed by atoms with van der Waals surface area (Å²) in [6, 6.07) is 37.3. The standard InChI is InChI=1S/C52H55N7O8S/c1-5-25-53-46(60)22-15-28-67-41-29-35(2)48(36(3)30-41)68(65,66)57-44(50(63)64)33-55-49(62)43-34-58(4)45-31-37(23-24-42(45)47(43)61)32-56-51-54-26-27-59(51)52(38-16-9-6-10-17-38,39-18-11-7-12-19-39)40-20-13-8-14-21-40/h6-14,16-21,23-24,26-27,29-31,34,44,57H,5,15,22,25,28,32-33H2,1-4H3,(H,53,60)(H,54,56)(H,55,62)(H,63,64)/t44-/m0/s1. The normalized spacial score (nSPS) is 12.1. The Morgan fingerprint density at radius 2 is 1.44 bits per heavy atom. The third-order valence-corrected chi connectivity index (χ3v) is 13.5. The third kappa shape index (κ3) is 10.5. The highest BCUT2D eigenvalue weighted by Crippen LogP contribution is 2.42. The predicted octanol–water partition coefficient (Wildman–Crippen LogP) is 6.65. The first-order valence-electron chi connectivity index (χ1n) is 22.3. The Balaban J connectivity index is 1.05. The van der Waals surface area contributed by atoms with Gasteiger partial charge in [-0.25, -0.2) is 13.4 Å². The number of benzene rings is 5. The molecule has 1 atom stereocenters. The number of rotatable bonds is 21. The summed E-state index contributed by atoms with van der Waals surface area (Å²) in [5.74, 6) is -1.47. The summed E-state index contributed by atoms with van der Waals surface area (Å²) < 4.78 is 39.0. The molecule has 5 aromatic carbocycles. The molecule has 68 heavy (non-hydrogen) atoms. The van der Waals surface area contributed by atoms with Gasteiger partial charge in [-0.15, -0.1) is 0 Å². The van der Waals surface area contributed by atoms with E-state index in [1.807, 2.05) is 73.8 Å². The number of aromatic nitrogens is 3. The molecule has 0 saturated heterocycles. The van der Waals surface area contributed by atoms with Crippen LogP contribution in [0.3, 0.4) is 0 Å². The Kier molecular flexibility index (Phi) is 15.2. The molecule has 2 aromatic heterocycles. The van der Waals surface area contributed by atoms with E-state index in [1.165, 1.54) is 18.3 Å². The highest BCUT2D eigenvalue weighted by atomic mass is 32.2. The van der Waals surface area contributed by atoms with E-state index in [4.69, 9.17) is 9.72 Å². The number of pyridine rings is 1. The molecule has 0 radical (unpaired) electrons. The number of ether oxygens (including phenoxy) is 1. The van der Waals surface area contributed by atoms with Gasteiger partial charge in [0.15, 0.2) is 0 Å². The largest absolute Gasteiger partial charge is 0.494 e. The van der Waals surface area contributed by atoms with Crippen molar-refractivity contribution in [3.05, 3.63) is 189 Å². The van der Waals surface area contributed by atoms with Crippen LogP contribution in [0.25, 0.3) is 10.9 Å². The highest BCUT2D eigenvalue weighted by Gasteiger charge is 2.40. The number of carboxylic acids is 1. The average Bonchev–Trinajstić information content (AvgIpc) is 3.81. The Morgan fingerprint density at radius 3 is 2.01 bits per heavy atom. The molecule has 0 aliphatic carbocycles. The van der Waals surface area contributed by atoms with Crippen molar-refractivity contribution < 1.29 is 32.6 Å². The summed E-state index contributed by atoms with van der Waals surface area (Å²) in [4.78, 5) is 56.2. The van der Waals surface area contributed by atoms with E-state index in [1.54, 1.807) is 43.8 Å². The maximum Gasteiger partial charge on any atom is 0.323 e. The van der Waals surface area contributed by atoms with Crippen molar-refractivity contribution in [1.82, 2.24) is 29.5 Å². The van der Waals surface area contributed by atoms with Gasteiger partial charge in [-0.3, -0.25) is 23.7 Å². The van der Waals surface area contributed by atoms with Gasteiger partial charge in [-0.1, -0.05) is 104 Å². The van der Waals surface area contributed by atoms with E-state index < -0.39 is 45.5 Å². The van der Waals surface area contributed by atoms with Crippen LogP contribution in [0.5, 0.6) is 5.75 Å². The summed E-state index contributed by atoms with van der Waals surface area (Å²) in [6.07, 6.45) is 6.67. The monoisotopic (exact) mass is 937 g/mol. The van der Waals surface area contributed by atoms with E-state index in [0.29, 0.717) is 47.9 Å². The van der Waals surface area contributed by atoms with Crippen LogP contribution >= 0.6 is 0 Å². The van der Waals surface area contributed by atoms with Gasteiger partial charge < -0.3 is 30.4 Å². The minimum atomic E-state index is -4.42. The fourth-order valence-electron chi connectivity index (χ4n) is 8.55. The SMILES string of the molecule is CCCNC(=O)CCCOc1cc(C)c(S(=O)(=O)N[C@@H](CNC(=O)c2cn(C)c3cc(CNc4nccn4C(c4ccccc4)(c4ccccc4)c4ccccc4)ccc3c2=O)C(=O)O)c(C)c1. The molecule has 2 heterocycles. The van der Waals surface area contributed by atoms with Crippen molar-refractivity contribution in [1.29, 1.82) is 0 Å². The molecule has 352 valence electrons. The molecule has 7 rings (SSSR count). The number of carboxylic acid groups (broad SMARTS) is 1. The van der Waals surface area contributed by atoms with Gasteiger partial charge in [0, 0.05) is 57.1 Å². The van der Waals surface area contributed by atoms with Crippen molar-refractivity contribution in [2.24, 2.45) is 7.05 Å². The second kappa shape index (κ2) is 21.4.